The van der Waals surface area contributed by atoms with E-state index in [2.05, 4.69) is 61.1 Å². The van der Waals surface area contributed by atoms with E-state index in [0.29, 0.717) is 17.3 Å². The van der Waals surface area contributed by atoms with Gasteiger partial charge >= 0.3 is 0 Å². The molecule has 3 aromatic carbocycles. The van der Waals surface area contributed by atoms with Crippen molar-refractivity contribution in [1.29, 1.82) is 0 Å². The number of nitrogens with zero attached hydrogens (tertiary/aromatic N) is 1. The zero-order valence-electron chi connectivity index (χ0n) is 14.5. The number of carbonyl (C=O) groups is 1. The third-order valence-electron chi connectivity index (χ3n) is 4.21. The van der Waals surface area contributed by atoms with Gasteiger partial charge in [0.25, 0.3) is 5.91 Å². The van der Waals surface area contributed by atoms with E-state index < -0.39 is 0 Å². The first-order valence-electron chi connectivity index (χ1n) is 8.38. The first-order valence-corrected chi connectivity index (χ1v) is 10.8. The topological polar surface area (TPSA) is 64.7 Å². The summed E-state index contributed by atoms with van der Waals surface area (Å²) >= 11 is 8.31. The molecule has 1 amide bonds. The number of fused-ring (bicyclic) bond motifs is 1. The molecule has 1 heterocycles. The Morgan fingerprint density at radius 3 is 2.50 bits per heavy atom. The molecule has 3 aromatic rings. The maximum atomic E-state index is 11.8. The van der Waals surface area contributed by atoms with Gasteiger partial charge in [-0.05, 0) is 83.7 Å². The normalized spacial score (nSPS) is 15.3. The van der Waals surface area contributed by atoms with E-state index in [1.807, 2.05) is 30.3 Å². The molecule has 0 aromatic heterocycles. The van der Waals surface area contributed by atoms with E-state index in [4.69, 9.17) is 10.5 Å². The van der Waals surface area contributed by atoms with Crippen LogP contribution in [0, 0.1) is 0 Å². The summed E-state index contributed by atoms with van der Waals surface area (Å²) < 4.78 is 7.68. The number of amides is 1. The molecule has 140 valence electrons. The summed E-state index contributed by atoms with van der Waals surface area (Å²) in [4.78, 5) is 16.0. The van der Waals surface area contributed by atoms with Crippen LogP contribution < -0.4 is 10.5 Å². The van der Waals surface area contributed by atoms with Crippen LogP contribution in [0.5, 0.6) is 5.75 Å². The first-order chi connectivity index (χ1) is 13.5. The Kier molecular flexibility index (Phi) is 5.57. The highest BCUT2D eigenvalue weighted by molar-refractivity contribution is 9.11. The number of ether oxygens (including phenoxy) is 1. The molecule has 0 spiro atoms. The van der Waals surface area contributed by atoms with E-state index in [1.54, 1.807) is 6.08 Å². The van der Waals surface area contributed by atoms with Crippen LogP contribution in [-0.2, 0) is 11.4 Å². The van der Waals surface area contributed by atoms with E-state index in [9.17, 15) is 4.79 Å². The van der Waals surface area contributed by atoms with Crippen LogP contribution in [0.3, 0.4) is 0 Å². The minimum absolute atomic E-state index is 0.268. The van der Waals surface area contributed by atoms with Crippen molar-refractivity contribution in [3.8, 4) is 5.75 Å². The molecule has 0 saturated carbocycles. The van der Waals surface area contributed by atoms with Crippen LogP contribution in [0.15, 0.2) is 73.4 Å². The van der Waals surface area contributed by atoms with Crippen LogP contribution in [0.25, 0.3) is 16.8 Å². The first kappa shape index (κ1) is 19.2. The summed E-state index contributed by atoms with van der Waals surface area (Å²) in [5.74, 6) is 0.391. The zero-order chi connectivity index (χ0) is 19.7. The van der Waals surface area contributed by atoms with Gasteiger partial charge in [-0.15, -0.1) is 0 Å². The van der Waals surface area contributed by atoms with Crippen molar-refractivity contribution in [3.05, 3.63) is 79.6 Å². The summed E-state index contributed by atoms with van der Waals surface area (Å²) in [7, 11) is 0. The largest absolute Gasteiger partial charge is 0.487 e. The number of hydrogen-bond donors (Lipinski definition) is 1. The van der Waals surface area contributed by atoms with Crippen molar-refractivity contribution in [2.24, 2.45) is 10.7 Å². The van der Waals surface area contributed by atoms with Gasteiger partial charge < -0.3 is 10.5 Å². The maximum Gasteiger partial charge on any atom is 0.286 e. The summed E-state index contributed by atoms with van der Waals surface area (Å²) in [6, 6.07) is 18.2. The monoisotopic (exact) mass is 516 g/mol. The van der Waals surface area contributed by atoms with Crippen molar-refractivity contribution < 1.29 is 9.53 Å². The third kappa shape index (κ3) is 4.01. The second-order valence-corrected chi connectivity index (χ2v) is 8.88. The van der Waals surface area contributed by atoms with Gasteiger partial charge in [0.1, 0.15) is 12.4 Å². The minimum atomic E-state index is -0.314. The average Bonchev–Trinajstić information content (AvgIpc) is 2.98. The lowest BCUT2D eigenvalue weighted by Crippen LogP contribution is -2.01. The molecule has 1 aliphatic heterocycles. The van der Waals surface area contributed by atoms with Crippen molar-refractivity contribution in [1.82, 2.24) is 0 Å². The molecule has 4 rings (SSSR count). The molecule has 1 aliphatic rings. The smallest absolute Gasteiger partial charge is 0.286 e. The van der Waals surface area contributed by atoms with Gasteiger partial charge in [0.15, 0.2) is 5.17 Å². The maximum absolute atomic E-state index is 11.8. The van der Waals surface area contributed by atoms with Gasteiger partial charge in [-0.1, -0.05) is 42.5 Å². The van der Waals surface area contributed by atoms with Crippen LogP contribution in [0.2, 0.25) is 0 Å². The second kappa shape index (κ2) is 8.11. The lowest BCUT2D eigenvalue weighted by Gasteiger charge is -2.13. The number of benzene rings is 3. The van der Waals surface area contributed by atoms with Crippen LogP contribution in [0.1, 0.15) is 11.1 Å². The summed E-state index contributed by atoms with van der Waals surface area (Å²) in [5, 5.41) is 2.63. The lowest BCUT2D eigenvalue weighted by molar-refractivity contribution is -0.113. The Morgan fingerprint density at radius 2 is 1.79 bits per heavy atom. The Bertz CT molecular complexity index is 1130. The number of rotatable bonds is 4. The number of nitrogens with two attached hydrogens (primary N) is 1. The van der Waals surface area contributed by atoms with Gasteiger partial charge in [0.05, 0.1) is 13.9 Å². The molecule has 0 unspecified atom stereocenters. The minimum Gasteiger partial charge on any atom is -0.487 e. The summed E-state index contributed by atoms with van der Waals surface area (Å²) in [6.45, 7) is 0.442. The van der Waals surface area contributed by atoms with E-state index in [0.717, 1.165) is 20.1 Å². The molecular formula is C21H14Br2N2O2S. The van der Waals surface area contributed by atoms with Gasteiger partial charge in [-0.3, -0.25) is 4.79 Å². The molecule has 0 radical (unpaired) electrons. The molecule has 0 fully saturated rings. The standard InChI is InChI=1S/C21H14Br2N2O2S/c22-16-8-12(10-18-20(26)25-21(24)28-18)9-17(23)19(16)27-11-14-6-3-5-13-4-1-2-7-15(13)14/h1-10H,11H2,(H2,24,25,26)/b18-10+. The number of thioether (sulfide) groups is 1. The summed E-state index contributed by atoms with van der Waals surface area (Å²) in [6.07, 6.45) is 1.76. The Morgan fingerprint density at radius 1 is 1.07 bits per heavy atom. The van der Waals surface area contributed by atoms with Crippen LogP contribution in [-0.4, -0.2) is 11.1 Å². The average molecular weight is 518 g/mol. The van der Waals surface area contributed by atoms with Crippen LogP contribution >= 0.6 is 43.6 Å². The molecule has 0 bridgehead atoms. The molecule has 0 aliphatic carbocycles. The van der Waals surface area contributed by atoms with E-state index in [-0.39, 0.29) is 11.1 Å². The highest BCUT2D eigenvalue weighted by Crippen LogP contribution is 2.37. The number of halogens is 2. The van der Waals surface area contributed by atoms with Gasteiger partial charge in [-0.2, -0.15) is 4.99 Å². The highest BCUT2D eigenvalue weighted by Gasteiger charge is 2.20. The molecule has 0 saturated heterocycles. The van der Waals surface area contributed by atoms with Crippen molar-refractivity contribution in [2.75, 3.05) is 0 Å². The van der Waals surface area contributed by atoms with Crippen molar-refractivity contribution >= 4 is 71.5 Å². The molecular weight excluding hydrogens is 504 g/mol. The lowest BCUT2D eigenvalue weighted by atomic mass is 10.1. The van der Waals surface area contributed by atoms with Gasteiger partial charge in [0, 0.05) is 0 Å². The molecule has 0 atom stereocenters. The molecule has 28 heavy (non-hydrogen) atoms. The fourth-order valence-electron chi connectivity index (χ4n) is 2.95. The predicted octanol–water partition coefficient (Wildman–Crippen LogP) is 5.87. The van der Waals surface area contributed by atoms with Crippen LogP contribution in [0.4, 0.5) is 0 Å². The SMILES string of the molecule is NC1=NC(=O)/C(=C\c2cc(Br)c(OCc3cccc4ccccc34)c(Br)c2)S1. The van der Waals surface area contributed by atoms with Crippen molar-refractivity contribution in [3.63, 3.8) is 0 Å². The van der Waals surface area contributed by atoms with Crippen molar-refractivity contribution in [2.45, 2.75) is 6.61 Å². The fourth-order valence-corrected chi connectivity index (χ4v) is 5.08. The zero-order valence-corrected chi connectivity index (χ0v) is 18.5. The highest BCUT2D eigenvalue weighted by atomic mass is 79.9. The van der Waals surface area contributed by atoms with E-state index in [1.165, 1.54) is 22.5 Å². The predicted molar refractivity (Wildman–Crippen MR) is 122 cm³/mol. The quantitative estimate of drug-likeness (QED) is 0.439. The Labute approximate surface area is 183 Å². The summed E-state index contributed by atoms with van der Waals surface area (Å²) in [5.41, 5.74) is 7.56. The Balaban J connectivity index is 1.57. The fraction of sp³-hybridized carbons (Fsp3) is 0.0476. The molecule has 2 N–H and O–H groups in total. The number of carbonyl (C=O) groups excluding carboxylic acids is 1. The second-order valence-electron chi connectivity index (χ2n) is 6.11. The third-order valence-corrected chi connectivity index (χ3v) is 6.20. The number of amidine groups is 1. The number of aliphatic imine (C=N–C) groups is 1. The Hall–Kier alpha value is -2.09. The number of hydrogen-bond acceptors (Lipinski definition) is 4. The van der Waals surface area contributed by atoms with E-state index >= 15 is 0 Å². The molecule has 7 heteroatoms. The molecule has 4 nitrogen and oxygen atoms in total. The van der Waals surface area contributed by atoms with Gasteiger partial charge in [0.2, 0.25) is 0 Å². The van der Waals surface area contributed by atoms with Gasteiger partial charge in [-0.25, -0.2) is 0 Å².